The van der Waals surface area contributed by atoms with Gasteiger partial charge >= 0.3 is 0 Å². The molecule has 0 bridgehead atoms. The number of nitrogens with zero attached hydrogens (tertiary/aromatic N) is 2. The molecule has 0 aromatic carbocycles. The molecule has 22 heavy (non-hydrogen) atoms. The zero-order chi connectivity index (χ0) is 16.2. The van der Waals surface area contributed by atoms with E-state index in [-0.39, 0.29) is 16.9 Å². The minimum atomic E-state index is -0.314. The van der Waals surface area contributed by atoms with Gasteiger partial charge in [-0.05, 0) is 39.8 Å². The lowest BCUT2D eigenvalue weighted by molar-refractivity contribution is -0.133. The fourth-order valence-electron chi connectivity index (χ4n) is 3.09. The Balaban J connectivity index is 1.88. The lowest BCUT2D eigenvalue weighted by Gasteiger charge is -2.38. The number of nitrogens with one attached hydrogen (secondary N) is 2. The first-order valence-corrected chi connectivity index (χ1v) is 8.00. The van der Waals surface area contributed by atoms with Crippen molar-refractivity contribution in [2.24, 2.45) is 5.41 Å². The molecule has 0 saturated carbocycles. The van der Waals surface area contributed by atoms with Crippen LogP contribution in [-0.2, 0) is 11.2 Å². The number of hydrogen-bond acceptors (Lipinski definition) is 4. The van der Waals surface area contributed by atoms with Crippen LogP contribution in [0.4, 0.5) is 0 Å². The second kappa shape index (κ2) is 7.05. The maximum absolute atomic E-state index is 12.5. The minimum Gasteiger partial charge on any atom is -0.355 e. The third kappa shape index (κ3) is 4.16. The van der Waals surface area contributed by atoms with Gasteiger partial charge in [0.2, 0.25) is 5.91 Å². The molecule has 0 spiro atoms. The number of aromatic nitrogens is 2. The summed E-state index contributed by atoms with van der Waals surface area (Å²) in [6, 6.07) is 1.49. The summed E-state index contributed by atoms with van der Waals surface area (Å²) in [5, 5.41) is 3.01. The molecule has 1 atom stereocenters. The van der Waals surface area contributed by atoms with E-state index in [1.807, 2.05) is 6.92 Å². The lowest BCUT2D eigenvalue weighted by atomic mass is 9.81. The van der Waals surface area contributed by atoms with Gasteiger partial charge in [-0.2, -0.15) is 0 Å². The molecule has 6 heteroatoms. The van der Waals surface area contributed by atoms with Crippen LogP contribution in [-0.4, -0.2) is 47.0 Å². The van der Waals surface area contributed by atoms with Gasteiger partial charge in [0.15, 0.2) is 0 Å². The van der Waals surface area contributed by atoms with Gasteiger partial charge in [-0.25, -0.2) is 4.98 Å². The Morgan fingerprint density at radius 1 is 1.55 bits per heavy atom. The number of rotatable bonds is 5. The van der Waals surface area contributed by atoms with Crippen LogP contribution in [0, 0.1) is 12.3 Å². The standard InChI is InChI=1S/C16H26N4O2/c1-4-20-9-5-7-16(3,11-20)15(22)17-8-6-13-10-14(21)19-12(2)18-13/h10H,4-9,11H2,1-3H3,(H,17,22)(H,18,19,21)/t16-/m0/s1. The van der Waals surface area contributed by atoms with Gasteiger partial charge in [0.25, 0.3) is 5.56 Å². The maximum Gasteiger partial charge on any atom is 0.251 e. The van der Waals surface area contributed by atoms with Crippen molar-refractivity contribution >= 4 is 5.91 Å². The average Bonchev–Trinajstić information content (AvgIpc) is 2.46. The van der Waals surface area contributed by atoms with Crippen LogP contribution in [0.15, 0.2) is 10.9 Å². The summed E-state index contributed by atoms with van der Waals surface area (Å²) < 4.78 is 0. The molecule has 2 N–H and O–H groups in total. The molecular formula is C16H26N4O2. The van der Waals surface area contributed by atoms with E-state index in [9.17, 15) is 9.59 Å². The summed E-state index contributed by atoms with van der Waals surface area (Å²) in [6.07, 6.45) is 2.56. The highest BCUT2D eigenvalue weighted by molar-refractivity contribution is 5.82. The number of carbonyl (C=O) groups excluding carboxylic acids is 1. The number of carbonyl (C=O) groups is 1. The van der Waals surface area contributed by atoms with Crippen LogP contribution >= 0.6 is 0 Å². The van der Waals surface area contributed by atoms with Crippen LogP contribution in [0.25, 0.3) is 0 Å². The molecular weight excluding hydrogens is 280 g/mol. The van der Waals surface area contributed by atoms with Crippen molar-refractivity contribution < 1.29 is 4.79 Å². The van der Waals surface area contributed by atoms with Gasteiger partial charge in [0.05, 0.1) is 5.41 Å². The fourth-order valence-corrected chi connectivity index (χ4v) is 3.09. The summed E-state index contributed by atoms with van der Waals surface area (Å²) in [7, 11) is 0. The smallest absolute Gasteiger partial charge is 0.251 e. The number of hydrogen-bond donors (Lipinski definition) is 2. The Bertz CT molecular complexity index is 584. The Morgan fingerprint density at radius 2 is 2.32 bits per heavy atom. The summed E-state index contributed by atoms with van der Waals surface area (Å²) in [5.74, 6) is 0.707. The molecule has 0 radical (unpaired) electrons. The first-order chi connectivity index (χ1) is 10.4. The van der Waals surface area contributed by atoms with Crippen LogP contribution < -0.4 is 10.9 Å². The zero-order valence-electron chi connectivity index (χ0n) is 13.7. The van der Waals surface area contributed by atoms with E-state index in [0.717, 1.165) is 32.5 Å². The van der Waals surface area contributed by atoms with Crippen LogP contribution in [0.1, 0.15) is 38.2 Å². The minimum absolute atomic E-state index is 0.104. The monoisotopic (exact) mass is 306 g/mol. The first kappa shape index (κ1) is 16.7. The SMILES string of the molecule is CCN1CCC[C@](C)(C(=O)NCCc2cc(=O)[nH]c(C)n2)C1. The first-order valence-electron chi connectivity index (χ1n) is 8.00. The van der Waals surface area contributed by atoms with Crippen LogP contribution in [0.5, 0.6) is 0 Å². The Kier molecular flexibility index (Phi) is 5.34. The van der Waals surface area contributed by atoms with Gasteiger partial charge < -0.3 is 15.2 Å². The maximum atomic E-state index is 12.5. The van der Waals surface area contributed by atoms with E-state index in [4.69, 9.17) is 0 Å². The van der Waals surface area contributed by atoms with E-state index < -0.39 is 0 Å². The predicted molar refractivity (Wildman–Crippen MR) is 85.8 cm³/mol. The highest BCUT2D eigenvalue weighted by Gasteiger charge is 2.36. The highest BCUT2D eigenvalue weighted by atomic mass is 16.2. The van der Waals surface area contributed by atoms with Crippen LogP contribution in [0.3, 0.4) is 0 Å². The molecule has 1 aliphatic rings. The van der Waals surface area contributed by atoms with Crippen molar-refractivity contribution in [1.29, 1.82) is 0 Å². The number of aromatic amines is 1. The topological polar surface area (TPSA) is 78.1 Å². The van der Waals surface area contributed by atoms with Crippen molar-refractivity contribution in [1.82, 2.24) is 20.2 Å². The largest absolute Gasteiger partial charge is 0.355 e. The summed E-state index contributed by atoms with van der Waals surface area (Å²) in [6.45, 7) is 9.32. The van der Waals surface area contributed by atoms with Crippen LogP contribution in [0.2, 0.25) is 0 Å². The Labute approximate surface area is 131 Å². The molecule has 1 aliphatic heterocycles. The van der Waals surface area contributed by atoms with Crippen molar-refractivity contribution in [3.63, 3.8) is 0 Å². The van der Waals surface area contributed by atoms with Gasteiger partial charge in [0.1, 0.15) is 5.82 Å². The normalized spacial score (nSPS) is 22.5. The fraction of sp³-hybridized carbons (Fsp3) is 0.688. The van der Waals surface area contributed by atoms with E-state index >= 15 is 0 Å². The summed E-state index contributed by atoms with van der Waals surface area (Å²) in [4.78, 5) is 33.1. The predicted octanol–water partition coefficient (Wildman–Crippen LogP) is 0.859. The van der Waals surface area contributed by atoms with E-state index in [1.54, 1.807) is 6.92 Å². The second-order valence-electron chi connectivity index (χ2n) is 6.36. The highest BCUT2D eigenvalue weighted by Crippen LogP contribution is 2.29. The number of piperidine rings is 1. The second-order valence-corrected chi connectivity index (χ2v) is 6.36. The number of amides is 1. The van der Waals surface area contributed by atoms with Gasteiger partial charge in [-0.1, -0.05) is 6.92 Å². The summed E-state index contributed by atoms with van der Waals surface area (Å²) in [5.41, 5.74) is 0.253. The molecule has 2 heterocycles. The molecule has 1 amide bonds. The molecule has 6 nitrogen and oxygen atoms in total. The van der Waals surface area contributed by atoms with Crippen molar-refractivity contribution in [3.8, 4) is 0 Å². The van der Waals surface area contributed by atoms with Crippen molar-refractivity contribution in [2.45, 2.75) is 40.0 Å². The molecule has 2 rings (SSSR count). The molecule has 1 aromatic rings. The molecule has 0 aliphatic carbocycles. The Morgan fingerprint density at radius 3 is 3.00 bits per heavy atom. The lowest BCUT2D eigenvalue weighted by Crippen LogP contribution is -2.50. The third-order valence-electron chi connectivity index (χ3n) is 4.35. The number of H-pyrrole nitrogens is 1. The third-order valence-corrected chi connectivity index (χ3v) is 4.35. The van der Waals surface area contributed by atoms with Gasteiger partial charge in [-0.15, -0.1) is 0 Å². The van der Waals surface area contributed by atoms with E-state index in [1.165, 1.54) is 6.07 Å². The molecule has 1 fully saturated rings. The average molecular weight is 306 g/mol. The molecule has 1 aromatic heterocycles. The number of aryl methyl sites for hydroxylation is 1. The van der Waals surface area contributed by atoms with E-state index in [0.29, 0.717) is 24.5 Å². The van der Waals surface area contributed by atoms with Crippen molar-refractivity contribution in [2.75, 3.05) is 26.2 Å². The molecule has 122 valence electrons. The zero-order valence-corrected chi connectivity index (χ0v) is 13.7. The summed E-state index contributed by atoms with van der Waals surface area (Å²) >= 11 is 0. The Hall–Kier alpha value is -1.69. The van der Waals surface area contributed by atoms with E-state index in [2.05, 4.69) is 27.1 Å². The quantitative estimate of drug-likeness (QED) is 0.846. The van der Waals surface area contributed by atoms with Gasteiger partial charge in [0, 0.05) is 31.3 Å². The number of likely N-dealkylation sites (tertiary alicyclic amines) is 1. The van der Waals surface area contributed by atoms with Crippen molar-refractivity contribution in [3.05, 3.63) is 27.9 Å². The molecule has 0 unspecified atom stereocenters. The molecule has 1 saturated heterocycles. The van der Waals surface area contributed by atoms with Gasteiger partial charge in [-0.3, -0.25) is 9.59 Å².